The molecule has 0 aliphatic rings. The number of thiazole rings is 1. The van der Waals surface area contributed by atoms with E-state index < -0.39 is 0 Å². The van der Waals surface area contributed by atoms with Crippen molar-refractivity contribution in [2.45, 2.75) is 37.7 Å². The molecule has 0 saturated carbocycles. The van der Waals surface area contributed by atoms with Gasteiger partial charge in [-0.1, -0.05) is 24.8 Å². The number of thiophene rings is 1. The SMILES string of the molecule is CCc1nc(CSc2nnc(-c3cccs3)n2CC)cs1. The highest BCUT2D eigenvalue weighted by molar-refractivity contribution is 7.98. The second-order valence-electron chi connectivity index (χ2n) is 4.40. The number of aryl methyl sites for hydroxylation is 1. The van der Waals surface area contributed by atoms with Crippen LogP contribution in [0.2, 0.25) is 0 Å². The number of aromatic nitrogens is 4. The second kappa shape index (κ2) is 6.72. The molecule has 0 atom stereocenters. The van der Waals surface area contributed by atoms with E-state index in [1.165, 1.54) is 5.01 Å². The first-order chi connectivity index (χ1) is 10.3. The van der Waals surface area contributed by atoms with Gasteiger partial charge in [0.15, 0.2) is 11.0 Å². The average molecular weight is 337 g/mol. The van der Waals surface area contributed by atoms with Gasteiger partial charge < -0.3 is 4.57 Å². The molecule has 4 nitrogen and oxygen atoms in total. The average Bonchev–Trinajstić information content (AvgIpc) is 3.23. The molecular formula is C14H16N4S3. The molecule has 0 bridgehead atoms. The third-order valence-corrected chi connectivity index (χ3v) is 5.93. The number of hydrogen-bond acceptors (Lipinski definition) is 6. The molecule has 7 heteroatoms. The van der Waals surface area contributed by atoms with Gasteiger partial charge in [-0.05, 0) is 24.8 Å². The zero-order chi connectivity index (χ0) is 14.7. The highest BCUT2D eigenvalue weighted by Crippen LogP contribution is 2.28. The smallest absolute Gasteiger partial charge is 0.191 e. The standard InChI is InChI=1S/C14H16N4S3/c1-3-12-15-10(8-20-12)9-21-14-17-16-13(18(14)4-2)11-6-5-7-19-11/h5-8H,3-4,9H2,1-2H3. The lowest BCUT2D eigenvalue weighted by Gasteiger charge is -2.05. The summed E-state index contributed by atoms with van der Waals surface area (Å²) in [7, 11) is 0. The quantitative estimate of drug-likeness (QED) is 0.628. The third kappa shape index (κ3) is 3.20. The van der Waals surface area contributed by atoms with Gasteiger partial charge in [-0.2, -0.15) is 0 Å². The van der Waals surface area contributed by atoms with E-state index in [2.05, 4.69) is 50.4 Å². The van der Waals surface area contributed by atoms with Gasteiger partial charge in [0.05, 0.1) is 15.6 Å². The Balaban J connectivity index is 1.76. The largest absolute Gasteiger partial charge is 0.302 e. The molecule has 21 heavy (non-hydrogen) atoms. The summed E-state index contributed by atoms with van der Waals surface area (Å²) in [4.78, 5) is 5.76. The molecule has 0 spiro atoms. The van der Waals surface area contributed by atoms with Gasteiger partial charge in [0, 0.05) is 17.7 Å². The first-order valence-electron chi connectivity index (χ1n) is 6.85. The summed E-state index contributed by atoms with van der Waals surface area (Å²) in [5, 5.41) is 15.1. The van der Waals surface area contributed by atoms with Gasteiger partial charge in [-0.25, -0.2) is 4.98 Å². The zero-order valence-corrected chi connectivity index (χ0v) is 14.4. The molecule has 0 N–H and O–H groups in total. The molecule has 3 rings (SSSR count). The summed E-state index contributed by atoms with van der Waals surface area (Å²) in [6.07, 6.45) is 1.00. The maximum atomic E-state index is 4.60. The maximum absolute atomic E-state index is 4.60. The van der Waals surface area contributed by atoms with Crippen molar-refractivity contribution in [3.05, 3.63) is 33.6 Å². The Hall–Kier alpha value is -1.18. The van der Waals surface area contributed by atoms with Crippen LogP contribution in [-0.4, -0.2) is 19.7 Å². The van der Waals surface area contributed by atoms with Gasteiger partial charge in [-0.15, -0.1) is 32.9 Å². The number of hydrogen-bond donors (Lipinski definition) is 0. The minimum atomic E-state index is 0.846. The predicted octanol–water partition coefficient (Wildman–Crippen LogP) is 4.34. The van der Waals surface area contributed by atoms with E-state index in [1.54, 1.807) is 34.4 Å². The number of rotatable bonds is 6. The Kier molecular flexibility index (Phi) is 4.72. The first-order valence-corrected chi connectivity index (χ1v) is 9.59. The minimum Gasteiger partial charge on any atom is -0.302 e. The molecule has 3 aromatic heterocycles. The summed E-state index contributed by atoms with van der Waals surface area (Å²) in [5.41, 5.74) is 1.13. The summed E-state index contributed by atoms with van der Waals surface area (Å²) >= 11 is 5.13. The topological polar surface area (TPSA) is 43.6 Å². The first kappa shape index (κ1) is 14.7. The van der Waals surface area contributed by atoms with Crippen molar-refractivity contribution in [2.24, 2.45) is 0 Å². The van der Waals surface area contributed by atoms with Crippen molar-refractivity contribution in [3.63, 3.8) is 0 Å². The Labute approximate surface area is 136 Å². The van der Waals surface area contributed by atoms with E-state index in [0.717, 1.165) is 40.3 Å². The van der Waals surface area contributed by atoms with E-state index in [4.69, 9.17) is 0 Å². The highest BCUT2D eigenvalue weighted by Gasteiger charge is 2.14. The van der Waals surface area contributed by atoms with E-state index in [9.17, 15) is 0 Å². The van der Waals surface area contributed by atoms with Crippen LogP contribution in [0.15, 0.2) is 28.0 Å². The van der Waals surface area contributed by atoms with Crippen molar-refractivity contribution in [1.82, 2.24) is 19.7 Å². The molecule has 3 aromatic rings. The third-order valence-electron chi connectivity index (χ3n) is 3.03. The van der Waals surface area contributed by atoms with Crippen LogP contribution in [0.25, 0.3) is 10.7 Å². The van der Waals surface area contributed by atoms with Crippen LogP contribution < -0.4 is 0 Å². The second-order valence-corrected chi connectivity index (χ2v) is 7.24. The predicted molar refractivity (Wildman–Crippen MR) is 90.1 cm³/mol. The molecule has 0 fully saturated rings. The minimum absolute atomic E-state index is 0.846. The molecule has 0 radical (unpaired) electrons. The van der Waals surface area contributed by atoms with Gasteiger partial charge >= 0.3 is 0 Å². The van der Waals surface area contributed by atoms with Crippen molar-refractivity contribution in [3.8, 4) is 10.7 Å². The van der Waals surface area contributed by atoms with Crippen LogP contribution in [0, 0.1) is 0 Å². The van der Waals surface area contributed by atoms with E-state index in [0.29, 0.717) is 0 Å². The van der Waals surface area contributed by atoms with E-state index in [-0.39, 0.29) is 0 Å². The van der Waals surface area contributed by atoms with Crippen LogP contribution in [0.3, 0.4) is 0 Å². The van der Waals surface area contributed by atoms with Crippen LogP contribution in [0.5, 0.6) is 0 Å². The van der Waals surface area contributed by atoms with Crippen LogP contribution in [0.4, 0.5) is 0 Å². The molecule has 0 amide bonds. The van der Waals surface area contributed by atoms with E-state index in [1.807, 2.05) is 6.07 Å². The van der Waals surface area contributed by atoms with Crippen molar-refractivity contribution in [1.29, 1.82) is 0 Å². The summed E-state index contributed by atoms with van der Waals surface area (Å²) < 4.78 is 2.17. The molecule has 3 heterocycles. The van der Waals surface area contributed by atoms with Crippen molar-refractivity contribution >= 4 is 34.4 Å². The highest BCUT2D eigenvalue weighted by atomic mass is 32.2. The molecule has 0 saturated heterocycles. The van der Waals surface area contributed by atoms with E-state index >= 15 is 0 Å². The Bertz CT molecular complexity index is 700. The van der Waals surface area contributed by atoms with Gasteiger partial charge in [0.25, 0.3) is 0 Å². The normalized spacial score (nSPS) is 11.1. The van der Waals surface area contributed by atoms with Crippen LogP contribution in [0.1, 0.15) is 24.5 Å². The summed E-state index contributed by atoms with van der Waals surface area (Å²) in [5.74, 6) is 1.81. The summed E-state index contributed by atoms with van der Waals surface area (Å²) in [6.45, 7) is 5.14. The Morgan fingerprint density at radius 3 is 2.81 bits per heavy atom. The van der Waals surface area contributed by atoms with Gasteiger partial charge in [0.2, 0.25) is 0 Å². The number of thioether (sulfide) groups is 1. The molecular weight excluding hydrogens is 320 g/mol. The molecule has 0 aliphatic heterocycles. The van der Waals surface area contributed by atoms with Crippen LogP contribution >= 0.6 is 34.4 Å². The lowest BCUT2D eigenvalue weighted by Crippen LogP contribution is -1.99. The van der Waals surface area contributed by atoms with Crippen LogP contribution in [-0.2, 0) is 18.7 Å². The number of nitrogens with zero attached hydrogens (tertiary/aromatic N) is 4. The fourth-order valence-electron chi connectivity index (χ4n) is 1.98. The summed E-state index contributed by atoms with van der Waals surface area (Å²) in [6, 6.07) is 4.13. The monoisotopic (exact) mass is 336 g/mol. The van der Waals surface area contributed by atoms with Gasteiger partial charge in [0.1, 0.15) is 0 Å². The molecule has 110 valence electrons. The Morgan fingerprint density at radius 2 is 2.14 bits per heavy atom. The molecule has 0 aromatic carbocycles. The lowest BCUT2D eigenvalue weighted by molar-refractivity contribution is 0.688. The zero-order valence-electron chi connectivity index (χ0n) is 11.9. The van der Waals surface area contributed by atoms with Crippen molar-refractivity contribution in [2.75, 3.05) is 0 Å². The fraction of sp³-hybridized carbons (Fsp3) is 0.357. The maximum Gasteiger partial charge on any atom is 0.191 e. The van der Waals surface area contributed by atoms with Gasteiger partial charge in [-0.3, -0.25) is 0 Å². The lowest BCUT2D eigenvalue weighted by atomic mass is 10.4. The molecule has 0 aliphatic carbocycles. The van der Waals surface area contributed by atoms with Crippen molar-refractivity contribution < 1.29 is 0 Å². The molecule has 0 unspecified atom stereocenters. The Morgan fingerprint density at radius 1 is 1.24 bits per heavy atom. The fourth-order valence-corrected chi connectivity index (χ4v) is 4.45.